The molecule has 0 aliphatic carbocycles. The van der Waals surface area contributed by atoms with Crippen LogP contribution in [0.15, 0.2) is 12.1 Å². The standard InChI is InChI=1S/C16H12ClF6N5O/c1-6(16(21,22)23)24-14-12(11-8(19)4-7(18)5-9(11)20)13(17)25-15(26-14)28-3-2-10(29)27-28/h4-6H,2-3H2,1H3,(H,27,29)(H,24,25,26)/t6-/m0/s1. The van der Waals surface area contributed by atoms with E-state index < -0.39 is 51.8 Å². The fourth-order valence-electron chi connectivity index (χ4n) is 2.56. The fraction of sp³-hybridized carbons (Fsp3) is 0.312. The minimum absolute atomic E-state index is 0.0751. The molecule has 0 unspecified atom stereocenters. The predicted molar refractivity (Wildman–Crippen MR) is 91.6 cm³/mol. The summed E-state index contributed by atoms with van der Waals surface area (Å²) in [6.07, 6.45) is -4.65. The monoisotopic (exact) mass is 439 g/mol. The molecule has 13 heteroatoms. The Morgan fingerprint density at radius 3 is 2.31 bits per heavy atom. The second-order valence-electron chi connectivity index (χ2n) is 6.13. The number of anilines is 2. The molecule has 156 valence electrons. The third kappa shape index (κ3) is 4.31. The van der Waals surface area contributed by atoms with Crippen LogP contribution in [0, 0.1) is 17.5 Å². The van der Waals surface area contributed by atoms with Gasteiger partial charge in [-0.25, -0.2) is 13.2 Å². The van der Waals surface area contributed by atoms with Crippen LogP contribution >= 0.6 is 11.6 Å². The van der Waals surface area contributed by atoms with E-state index in [1.165, 1.54) is 0 Å². The summed E-state index contributed by atoms with van der Waals surface area (Å²) in [4.78, 5) is 19.1. The van der Waals surface area contributed by atoms with Crippen molar-refractivity contribution in [1.29, 1.82) is 0 Å². The van der Waals surface area contributed by atoms with Crippen molar-refractivity contribution in [3.05, 3.63) is 34.7 Å². The molecule has 1 aromatic heterocycles. The van der Waals surface area contributed by atoms with E-state index in [1.807, 2.05) is 5.32 Å². The van der Waals surface area contributed by atoms with Crippen LogP contribution in [0.25, 0.3) is 11.1 Å². The molecule has 29 heavy (non-hydrogen) atoms. The number of amides is 1. The smallest absolute Gasteiger partial charge is 0.358 e. The van der Waals surface area contributed by atoms with Crippen LogP contribution in [0.3, 0.4) is 0 Å². The highest BCUT2D eigenvalue weighted by molar-refractivity contribution is 6.32. The van der Waals surface area contributed by atoms with Crippen LogP contribution in [0.2, 0.25) is 5.15 Å². The number of nitrogens with one attached hydrogen (secondary N) is 2. The Balaban J connectivity index is 2.18. The van der Waals surface area contributed by atoms with Crippen LogP contribution in [0.4, 0.5) is 38.1 Å². The Bertz CT molecular complexity index is 947. The predicted octanol–water partition coefficient (Wildman–Crippen LogP) is 3.82. The van der Waals surface area contributed by atoms with E-state index in [9.17, 15) is 31.1 Å². The number of hydrogen-bond donors (Lipinski definition) is 2. The van der Waals surface area contributed by atoms with Crippen LogP contribution < -0.4 is 15.8 Å². The molecule has 3 rings (SSSR count). The molecule has 1 aromatic carbocycles. The van der Waals surface area contributed by atoms with Gasteiger partial charge in [-0.2, -0.15) is 23.1 Å². The first kappa shape index (κ1) is 21.0. The number of carbonyl (C=O) groups is 1. The fourth-order valence-corrected chi connectivity index (χ4v) is 2.82. The lowest BCUT2D eigenvalue weighted by atomic mass is 10.1. The summed E-state index contributed by atoms with van der Waals surface area (Å²) in [6, 6.07) is -1.49. The van der Waals surface area contributed by atoms with Gasteiger partial charge in [-0.1, -0.05) is 11.6 Å². The molecule has 1 atom stereocenters. The molecule has 0 radical (unpaired) electrons. The number of carbonyl (C=O) groups excluding carboxylic acids is 1. The average Bonchev–Trinajstić information content (AvgIpc) is 3.01. The highest BCUT2D eigenvalue weighted by Crippen LogP contribution is 2.39. The highest BCUT2D eigenvalue weighted by Gasteiger charge is 2.37. The number of benzene rings is 1. The van der Waals surface area contributed by atoms with E-state index in [4.69, 9.17) is 11.6 Å². The van der Waals surface area contributed by atoms with Crippen LogP contribution in [-0.2, 0) is 4.79 Å². The van der Waals surface area contributed by atoms with Gasteiger partial charge in [0.25, 0.3) is 0 Å². The zero-order valence-corrected chi connectivity index (χ0v) is 15.3. The highest BCUT2D eigenvalue weighted by atomic mass is 35.5. The van der Waals surface area contributed by atoms with Gasteiger partial charge in [0.05, 0.1) is 17.7 Å². The molecule has 0 spiro atoms. The van der Waals surface area contributed by atoms with Crippen molar-refractivity contribution in [1.82, 2.24) is 15.4 Å². The Morgan fingerprint density at radius 2 is 1.79 bits per heavy atom. The number of hydrazine groups is 1. The molecule has 1 amide bonds. The molecule has 2 aromatic rings. The molecule has 1 aliphatic rings. The lowest BCUT2D eigenvalue weighted by Gasteiger charge is -2.23. The van der Waals surface area contributed by atoms with Gasteiger partial charge in [0.15, 0.2) is 0 Å². The van der Waals surface area contributed by atoms with Gasteiger partial charge in [-0.3, -0.25) is 15.2 Å². The Labute approximate surface area is 164 Å². The van der Waals surface area contributed by atoms with Crippen LogP contribution in [0.1, 0.15) is 13.3 Å². The SMILES string of the molecule is C[C@H](Nc1nc(N2CCC(=O)N2)nc(Cl)c1-c1c(F)cc(F)cc1F)C(F)(F)F. The minimum atomic E-state index is -4.73. The van der Waals surface area contributed by atoms with Gasteiger partial charge >= 0.3 is 6.18 Å². The van der Waals surface area contributed by atoms with Crippen molar-refractivity contribution in [2.24, 2.45) is 0 Å². The topological polar surface area (TPSA) is 70.2 Å². The molecular formula is C16H12ClF6N5O. The average molecular weight is 440 g/mol. The molecule has 0 saturated carbocycles. The molecule has 6 nitrogen and oxygen atoms in total. The van der Waals surface area contributed by atoms with E-state index in [0.29, 0.717) is 12.1 Å². The van der Waals surface area contributed by atoms with Gasteiger partial charge < -0.3 is 5.32 Å². The van der Waals surface area contributed by atoms with Crippen molar-refractivity contribution >= 4 is 29.3 Å². The Hall–Kier alpha value is -2.76. The number of aromatic nitrogens is 2. The second-order valence-corrected chi connectivity index (χ2v) is 6.48. The van der Waals surface area contributed by atoms with Gasteiger partial charge in [0, 0.05) is 18.6 Å². The third-order valence-corrected chi connectivity index (χ3v) is 4.29. The molecule has 2 heterocycles. The normalized spacial score (nSPS) is 15.4. The van der Waals surface area contributed by atoms with Gasteiger partial charge in [-0.15, -0.1) is 0 Å². The summed E-state index contributed by atoms with van der Waals surface area (Å²) in [5.41, 5.74) is 0.844. The Morgan fingerprint density at radius 1 is 1.17 bits per heavy atom. The van der Waals surface area contributed by atoms with E-state index in [-0.39, 0.29) is 24.8 Å². The van der Waals surface area contributed by atoms with Gasteiger partial charge in [-0.05, 0) is 6.92 Å². The zero-order chi connectivity index (χ0) is 21.5. The number of hydrogen-bond acceptors (Lipinski definition) is 5. The summed E-state index contributed by atoms with van der Waals surface area (Å²) in [5, 5.41) is 2.53. The zero-order valence-electron chi connectivity index (χ0n) is 14.5. The minimum Gasteiger partial charge on any atom is -0.358 e. The van der Waals surface area contributed by atoms with Crippen molar-refractivity contribution in [2.75, 3.05) is 16.9 Å². The van der Waals surface area contributed by atoms with Crippen LogP contribution in [-0.4, -0.2) is 34.6 Å². The van der Waals surface area contributed by atoms with Crippen molar-refractivity contribution in [2.45, 2.75) is 25.6 Å². The van der Waals surface area contributed by atoms with Crippen LogP contribution in [0.5, 0.6) is 0 Å². The van der Waals surface area contributed by atoms with Gasteiger partial charge in [0.1, 0.15) is 34.5 Å². The summed E-state index contributed by atoms with van der Waals surface area (Å²) in [7, 11) is 0. The number of halogens is 7. The van der Waals surface area contributed by atoms with Crippen molar-refractivity contribution in [3.63, 3.8) is 0 Å². The van der Waals surface area contributed by atoms with E-state index in [2.05, 4.69) is 15.4 Å². The molecule has 1 fully saturated rings. The first-order chi connectivity index (χ1) is 13.5. The maximum Gasteiger partial charge on any atom is 0.408 e. The Kier molecular flexibility index (Phi) is 5.48. The lowest BCUT2D eigenvalue weighted by Crippen LogP contribution is -2.36. The summed E-state index contributed by atoms with van der Waals surface area (Å²) >= 11 is 6.03. The molecule has 2 N–H and O–H groups in total. The number of rotatable bonds is 4. The molecule has 1 aliphatic heterocycles. The molecular weight excluding hydrogens is 428 g/mol. The van der Waals surface area contributed by atoms with Crippen molar-refractivity contribution < 1.29 is 31.1 Å². The number of alkyl halides is 3. The summed E-state index contributed by atoms with van der Waals surface area (Å²) < 4.78 is 80.9. The summed E-state index contributed by atoms with van der Waals surface area (Å²) in [6.45, 7) is 0.858. The van der Waals surface area contributed by atoms with Crippen molar-refractivity contribution in [3.8, 4) is 11.1 Å². The molecule has 1 saturated heterocycles. The quantitative estimate of drug-likeness (QED) is 0.560. The molecule has 0 bridgehead atoms. The third-order valence-electron chi connectivity index (χ3n) is 4.02. The van der Waals surface area contributed by atoms with E-state index >= 15 is 0 Å². The van der Waals surface area contributed by atoms with E-state index in [1.54, 1.807) is 0 Å². The first-order valence-corrected chi connectivity index (χ1v) is 8.48. The maximum absolute atomic E-state index is 14.3. The first-order valence-electron chi connectivity index (χ1n) is 8.10. The maximum atomic E-state index is 14.3. The number of nitrogens with zero attached hydrogens (tertiary/aromatic N) is 3. The largest absolute Gasteiger partial charge is 0.408 e. The van der Waals surface area contributed by atoms with Gasteiger partial charge in [0.2, 0.25) is 11.9 Å². The second kappa shape index (κ2) is 7.58. The van der Waals surface area contributed by atoms with E-state index in [0.717, 1.165) is 11.9 Å². The lowest BCUT2D eigenvalue weighted by molar-refractivity contribution is -0.138. The summed E-state index contributed by atoms with van der Waals surface area (Å²) in [5.74, 6) is -5.35.